The van der Waals surface area contributed by atoms with Crippen LogP contribution in [0.15, 0.2) is 33.1 Å². The standard InChI is InChI=1S/C15H18N4O3S2/c1-10-15(11(2)22-18-10)24(20,21)16-7-6-14-17-12(9-19(14)3)13-5-4-8-23-13/h4-5,8-9,16H,6-7H2,1-3H3. The monoisotopic (exact) mass is 366 g/mol. The first-order valence-electron chi connectivity index (χ1n) is 7.37. The molecule has 3 aromatic rings. The van der Waals surface area contributed by atoms with Crippen molar-refractivity contribution < 1.29 is 12.9 Å². The third-order valence-corrected chi connectivity index (χ3v) is 6.22. The molecule has 3 rings (SSSR count). The van der Waals surface area contributed by atoms with Crippen LogP contribution in [-0.4, -0.2) is 29.7 Å². The van der Waals surface area contributed by atoms with Crippen LogP contribution < -0.4 is 4.72 Å². The van der Waals surface area contributed by atoms with Gasteiger partial charge in [0.15, 0.2) is 5.76 Å². The first-order chi connectivity index (χ1) is 11.4. The van der Waals surface area contributed by atoms with E-state index in [-0.39, 0.29) is 17.2 Å². The molecule has 0 radical (unpaired) electrons. The Morgan fingerprint density at radius 2 is 2.17 bits per heavy atom. The highest BCUT2D eigenvalue weighted by Crippen LogP contribution is 2.23. The van der Waals surface area contributed by atoms with Crippen LogP contribution in [-0.2, 0) is 23.5 Å². The lowest BCUT2D eigenvalue weighted by Crippen LogP contribution is -2.27. The fourth-order valence-electron chi connectivity index (χ4n) is 2.51. The molecular weight excluding hydrogens is 348 g/mol. The van der Waals surface area contributed by atoms with Crippen LogP contribution >= 0.6 is 11.3 Å². The molecule has 0 saturated carbocycles. The van der Waals surface area contributed by atoms with Crippen molar-refractivity contribution in [2.75, 3.05) is 6.54 Å². The molecule has 0 aliphatic heterocycles. The number of aryl methyl sites for hydroxylation is 3. The number of imidazole rings is 1. The number of nitrogens with one attached hydrogen (secondary N) is 1. The van der Waals surface area contributed by atoms with Gasteiger partial charge in [-0.1, -0.05) is 11.2 Å². The minimum Gasteiger partial charge on any atom is -0.360 e. The van der Waals surface area contributed by atoms with Gasteiger partial charge in [-0.15, -0.1) is 11.3 Å². The maximum Gasteiger partial charge on any atom is 0.245 e. The van der Waals surface area contributed by atoms with Gasteiger partial charge in [-0.3, -0.25) is 0 Å². The van der Waals surface area contributed by atoms with E-state index in [2.05, 4.69) is 14.9 Å². The molecule has 128 valence electrons. The second-order valence-electron chi connectivity index (χ2n) is 5.43. The van der Waals surface area contributed by atoms with E-state index in [4.69, 9.17) is 4.52 Å². The van der Waals surface area contributed by atoms with Gasteiger partial charge in [0, 0.05) is 26.2 Å². The summed E-state index contributed by atoms with van der Waals surface area (Å²) >= 11 is 1.62. The van der Waals surface area contributed by atoms with Gasteiger partial charge in [0.2, 0.25) is 10.0 Å². The highest BCUT2D eigenvalue weighted by molar-refractivity contribution is 7.89. The van der Waals surface area contributed by atoms with Crippen LogP contribution in [0.3, 0.4) is 0 Å². The maximum absolute atomic E-state index is 12.4. The number of sulfonamides is 1. The Kier molecular flexibility index (Phi) is 4.57. The van der Waals surface area contributed by atoms with Crippen molar-refractivity contribution in [1.82, 2.24) is 19.4 Å². The average Bonchev–Trinajstić information content (AvgIpc) is 3.21. The lowest BCUT2D eigenvalue weighted by molar-refractivity contribution is 0.390. The average molecular weight is 366 g/mol. The van der Waals surface area contributed by atoms with Crippen molar-refractivity contribution in [2.24, 2.45) is 7.05 Å². The molecule has 24 heavy (non-hydrogen) atoms. The predicted molar refractivity (Wildman–Crippen MR) is 91.4 cm³/mol. The largest absolute Gasteiger partial charge is 0.360 e. The summed E-state index contributed by atoms with van der Waals surface area (Å²) in [6, 6.07) is 3.99. The number of hydrogen-bond donors (Lipinski definition) is 1. The first kappa shape index (κ1) is 16.9. The molecule has 0 atom stereocenters. The molecule has 0 unspecified atom stereocenters. The molecule has 3 aromatic heterocycles. The molecule has 9 heteroatoms. The molecule has 0 amide bonds. The Balaban J connectivity index is 1.69. The molecular formula is C15H18N4O3S2. The van der Waals surface area contributed by atoms with Crippen molar-refractivity contribution in [3.05, 3.63) is 41.0 Å². The van der Waals surface area contributed by atoms with Crippen LogP contribution in [0.4, 0.5) is 0 Å². The zero-order chi connectivity index (χ0) is 17.3. The second-order valence-corrected chi connectivity index (χ2v) is 8.08. The fraction of sp³-hybridized carbons (Fsp3) is 0.333. The van der Waals surface area contributed by atoms with E-state index >= 15 is 0 Å². The van der Waals surface area contributed by atoms with Gasteiger partial charge in [0.25, 0.3) is 0 Å². The fourth-order valence-corrected chi connectivity index (χ4v) is 4.54. The molecule has 1 N–H and O–H groups in total. The zero-order valence-electron chi connectivity index (χ0n) is 13.6. The Hall–Kier alpha value is -1.97. The molecule has 0 fully saturated rings. The summed E-state index contributed by atoms with van der Waals surface area (Å²) in [5.74, 6) is 1.11. The quantitative estimate of drug-likeness (QED) is 0.723. The smallest absolute Gasteiger partial charge is 0.245 e. The highest BCUT2D eigenvalue weighted by atomic mass is 32.2. The van der Waals surface area contributed by atoms with Crippen LogP contribution in [0.1, 0.15) is 17.3 Å². The van der Waals surface area contributed by atoms with Crippen LogP contribution in [0, 0.1) is 13.8 Å². The van der Waals surface area contributed by atoms with Gasteiger partial charge in [-0.2, -0.15) is 0 Å². The van der Waals surface area contributed by atoms with E-state index in [0.717, 1.165) is 16.4 Å². The van der Waals surface area contributed by atoms with Crippen molar-refractivity contribution in [3.8, 4) is 10.6 Å². The van der Waals surface area contributed by atoms with Gasteiger partial charge in [0.1, 0.15) is 16.4 Å². The second kappa shape index (κ2) is 6.50. The first-order valence-corrected chi connectivity index (χ1v) is 9.73. The van der Waals surface area contributed by atoms with E-state index in [0.29, 0.717) is 12.1 Å². The molecule has 0 bridgehead atoms. The summed E-state index contributed by atoms with van der Waals surface area (Å²) in [6.07, 6.45) is 2.44. The van der Waals surface area contributed by atoms with E-state index in [1.54, 1.807) is 25.2 Å². The molecule has 0 aliphatic carbocycles. The van der Waals surface area contributed by atoms with Crippen LogP contribution in [0.2, 0.25) is 0 Å². The summed E-state index contributed by atoms with van der Waals surface area (Å²) in [7, 11) is -1.73. The Morgan fingerprint density at radius 1 is 1.38 bits per heavy atom. The predicted octanol–water partition coefficient (Wildman–Crippen LogP) is 2.27. The van der Waals surface area contributed by atoms with E-state index in [9.17, 15) is 8.42 Å². The summed E-state index contributed by atoms with van der Waals surface area (Å²) in [6.45, 7) is 3.44. The highest BCUT2D eigenvalue weighted by Gasteiger charge is 2.23. The minimum absolute atomic E-state index is 0.113. The summed E-state index contributed by atoms with van der Waals surface area (Å²) in [4.78, 5) is 5.78. The molecule has 0 saturated heterocycles. The van der Waals surface area contributed by atoms with Crippen molar-refractivity contribution in [3.63, 3.8) is 0 Å². The van der Waals surface area contributed by atoms with Crippen LogP contribution in [0.5, 0.6) is 0 Å². The lowest BCUT2D eigenvalue weighted by Gasteiger charge is -2.06. The number of nitrogens with zero attached hydrogens (tertiary/aromatic N) is 3. The van der Waals surface area contributed by atoms with Crippen LogP contribution in [0.25, 0.3) is 10.6 Å². The SMILES string of the molecule is Cc1noc(C)c1S(=O)(=O)NCCc1nc(-c2cccs2)cn1C. The van der Waals surface area contributed by atoms with Gasteiger partial charge >= 0.3 is 0 Å². The normalized spacial score (nSPS) is 12.0. The van der Waals surface area contributed by atoms with Crippen molar-refractivity contribution in [1.29, 1.82) is 0 Å². The number of aromatic nitrogens is 3. The Morgan fingerprint density at radius 3 is 2.79 bits per heavy atom. The molecule has 0 spiro atoms. The third-order valence-electron chi connectivity index (χ3n) is 3.62. The van der Waals surface area contributed by atoms with Gasteiger partial charge < -0.3 is 9.09 Å². The molecule has 7 nitrogen and oxygen atoms in total. The van der Waals surface area contributed by atoms with E-state index in [1.807, 2.05) is 35.3 Å². The van der Waals surface area contributed by atoms with Crippen molar-refractivity contribution >= 4 is 21.4 Å². The number of hydrogen-bond acceptors (Lipinski definition) is 6. The molecule has 0 aromatic carbocycles. The zero-order valence-corrected chi connectivity index (χ0v) is 15.2. The number of thiophene rings is 1. The summed E-state index contributed by atoms with van der Waals surface area (Å²) in [5, 5.41) is 5.69. The minimum atomic E-state index is -3.64. The van der Waals surface area contributed by atoms with Crippen molar-refractivity contribution in [2.45, 2.75) is 25.2 Å². The van der Waals surface area contributed by atoms with Gasteiger partial charge in [-0.25, -0.2) is 18.1 Å². The third kappa shape index (κ3) is 3.28. The number of rotatable bonds is 6. The van der Waals surface area contributed by atoms with Gasteiger partial charge in [0.05, 0.1) is 10.6 Å². The van der Waals surface area contributed by atoms with Gasteiger partial charge in [-0.05, 0) is 25.3 Å². The molecule has 3 heterocycles. The Bertz CT molecular complexity index is 920. The maximum atomic E-state index is 12.4. The van der Waals surface area contributed by atoms with E-state index < -0.39 is 10.0 Å². The topological polar surface area (TPSA) is 90.0 Å². The Labute approximate surface area is 144 Å². The lowest BCUT2D eigenvalue weighted by atomic mass is 10.4. The van der Waals surface area contributed by atoms with E-state index in [1.165, 1.54) is 0 Å². The summed E-state index contributed by atoms with van der Waals surface area (Å²) < 4.78 is 34.2. The molecule has 0 aliphatic rings. The summed E-state index contributed by atoms with van der Waals surface area (Å²) in [5.41, 5.74) is 1.26.